The van der Waals surface area contributed by atoms with E-state index in [9.17, 15) is 13.2 Å². The van der Waals surface area contributed by atoms with Crippen LogP contribution in [-0.2, 0) is 20.6 Å². The van der Waals surface area contributed by atoms with Gasteiger partial charge in [-0.3, -0.25) is 4.79 Å². The summed E-state index contributed by atoms with van der Waals surface area (Å²) in [6.45, 7) is 4.68. The lowest BCUT2D eigenvalue weighted by Crippen LogP contribution is -2.44. The number of piperidine rings is 1. The van der Waals surface area contributed by atoms with Crippen LogP contribution in [0.3, 0.4) is 0 Å². The molecule has 1 N–H and O–H groups in total. The number of benzene rings is 2. The Morgan fingerprint density at radius 1 is 1.13 bits per heavy atom. The fourth-order valence-corrected chi connectivity index (χ4v) is 6.06. The zero-order valence-corrected chi connectivity index (χ0v) is 19.4. The summed E-state index contributed by atoms with van der Waals surface area (Å²) in [5.74, 6) is -0.574. The molecule has 1 fully saturated rings. The highest BCUT2D eigenvalue weighted by Crippen LogP contribution is 2.30. The molecule has 0 saturated carbocycles. The van der Waals surface area contributed by atoms with Gasteiger partial charge in [-0.2, -0.15) is 0 Å². The Balaban J connectivity index is 1.72. The van der Waals surface area contributed by atoms with E-state index in [0.29, 0.717) is 35.0 Å². The van der Waals surface area contributed by atoms with E-state index in [1.165, 1.54) is 4.31 Å². The average molecular weight is 469 g/mol. The van der Waals surface area contributed by atoms with Crippen molar-refractivity contribution in [3.63, 3.8) is 0 Å². The lowest BCUT2D eigenvalue weighted by atomic mass is 9.97. The lowest BCUT2D eigenvalue weighted by Gasteiger charge is -2.31. The molecule has 2 aromatic carbocycles. The maximum atomic E-state index is 13.0. The standard InChI is InChI=1S/C22H26Cl2N2O3S/c1-15(2)17-8-3-4-11-21(17)25-22(27)16-7-6-12-26(13-16)30(28,29)14-18-19(23)9-5-10-20(18)24/h3-5,8-11,15-16H,6-7,12-14H2,1-2H3,(H,25,27). The molecular weight excluding hydrogens is 443 g/mol. The number of hydrogen-bond donors (Lipinski definition) is 1. The molecule has 0 radical (unpaired) electrons. The smallest absolute Gasteiger partial charge is 0.228 e. The molecule has 1 aliphatic rings. The first kappa shape index (κ1) is 23.1. The first-order chi connectivity index (χ1) is 14.2. The minimum absolute atomic E-state index is 0.153. The van der Waals surface area contributed by atoms with Crippen LogP contribution in [0.2, 0.25) is 10.0 Å². The number of anilines is 1. The summed E-state index contributed by atoms with van der Waals surface area (Å²) in [6, 6.07) is 12.6. The zero-order chi connectivity index (χ0) is 21.9. The van der Waals surface area contributed by atoms with Gasteiger partial charge in [0, 0.05) is 34.4 Å². The maximum absolute atomic E-state index is 13.0. The number of nitrogens with one attached hydrogen (secondary N) is 1. The molecule has 1 unspecified atom stereocenters. The van der Waals surface area contributed by atoms with E-state index in [4.69, 9.17) is 23.2 Å². The lowest BCUT2D eigenvalue weighted by molar-refractivity contribution is -0.120. The Hall–Kier alpha value is -1.60. The van der Waals surface area contributed by atoms with Crippen LogP contribution in [-0.4, -0.2) is 31.7 Å². The van der Waals surface area contributed by atoms with Gasteiger partial charge in [-0.1, -0.05) is 61.3 Å². The van der Waals surface area contributed by atoms with Crippen molar-refractivity contribution in [3.05, 3.63) is 63.6 Å². The van der Waals surface area contributed by atoms with E-state index < -0.39 is 15.9 Å². The Morgan fingerprint density at radius 3 is 2.47 bits per heavy atom. The molecule has 1 amide bonds. The molecule has 1 atom stereocenters. The number of sulfonamides is 1. The van der Waals surface area contributed by atoms with Gasteiger partial charge in [-0.15, -0.1) is 0 Å². The summed E-state index contributed by atoms with van der Waals surface area (Å²) in [5.41, 5.74) is 2.22. The third-order valence-corrected chi connectivity index (χ3v) is 7.86. The summed E-state index contributed by atoms with van der Waals surface area (Å²) >= 11 is 12.3. The van der Waals surface area contributed by atoms with Crippen molar-refractivity contribution in [2.24, 2.45) is 5.92 Å². The van der Waals surface area contributed by atoms with Crippen molar-refractivity contribution in [1.82, 2.24) is 4.31 Å². The number of halogens is 2. The normalized spacial score (nSPS) is 17.8. The minimum atomic E-state index is -3.66. The second-order valence-corrected chi connectivity index (χ2v) is 10.7. The molecule has 0 spiro atoms. The zero-order valence-electron chi connectivity index (χ0n) is 17.1. The van der Waals surface area contributed by atoms with Gasteiger partial charge in [0.05, 0.1) is 11.7 Å². The van der Waals surface area contributed by atoms with Crippen molar-refractivity contribution in [2.75, 3.05) is 18.4 Å². The third-order valence-electron chi connectivity index (χ3n) is 5.38. The van der Waals surface area contributed by atoms with Crippen molar-refractivity contribution in [3.8, 4) is 0 Å². The molecule has 2 aromatic rings. The summed E-state index contributed by atoms with van der Waals surface area (Å²) in [7, 11) is -3.66. The molecule has 1 heterocycles. The van der Waals surface area contributed by atoms with Crippen LogP contribution in [0.4, 0.5) is 5.69 Å². The van der Waals surface area contributed by atoms with Crippen LogP contribution < -0.4 is 5.32 Å². The summed E-state index contributed by atoms with van der Waals surface area (Å²) < 4.78 is 27.4. The highest BCUT2D eigenvalue weighted by atomic mass is 35.5. The topological polar surface area (TPSA) is 66.5 Å². The van der Waals surface area contributed by atoms with Crippen LogP contribution in [0, 0.1) is 5.92 Å². The minimum Gasteiger partial charge on any atom is -0.326 e. The molecule has 0 bridgehead atoms. The van der Waals surface area contributed by atoms with E-state index in [1.54, 1.807) is 18.2 Å². The van der Waals surface area contributed by atoms with E-state index in [2.05, 4.69) is 19.2 Å². The molecule has 162 valence electrons. The molecule has 1 saturated heterocycles. The molecule has 8 heteroatoms. The molecular formula is C22H26Cl2N2O3S. The fraction of sp³-hybridized carbons (Fsp3) is 0.409. The van der Waals surface area contributed by atoms with Gasteiger partial charge in [0.15, 0.2) is 0 Å². The number of amides is 1. The van der Waals surface area contributed by atoms with Crippen LogP contribution >= 0.6 is 23.2 Å². The number of carbonyl (C=O) groups is 1. The first-order valence-electron chi connectivity index (χ1n) is 9.99. The SMILES string of the molecule is CC(C)c1ccccc1NC(=O)C1CCCN(S(=O)(=O)Cc2c(Cl)cccc2Cl)C1. The number of nitrogens with zero attached hydrogens (tertiary/aromatic N) is 1. The first-order valence-corrected chi connectivity index (χ1v) is 12.4. The number of rotatable bonds is 6. The summed E-state index contributed by atoms with van der Waals surface area (Å²) in [6.07, 6.45) is 1.27. The predicted molar refractivity (Wildman–Crippen MR) is 123 cm³/mol. The Labute approximate surface area is 188 Å². The van der Waals surface area contributed by atoms with Gasteiger partial charge in [0.1, 0.15) is 0 Å². The van der Waals surface area contributed by atoms with E-state index in [1.807, 2.05) is 24.3 Å². The van der Waals surface area contributed by atoms with Crippen molar-refractivity contribution in [1.29, 1.82) is 0 Å². The fourth-order valence-electron chi connectivity index (χ4n) is 3.70. The third kappa shape index (κ3) is 5.35. The van der Waals surface area contributed by atoms with Crippen LogP contribution in [0.15, 0.2) is 42.5 Å². The van der Waals surface area contributed by atoms with Crippen LogP contribution in [0.25, 0.3) is 0 Å². The summed E-state index contributed by atoms with van der Waals surface area (Å²) in [4.78, 5) is 12.9. The number of hydrogen-bond acceptors (Lipinski definition) is 3. The van der Waals surface area contributed by atoms with Gasteiger partial charge in [0.2, 0.25) is 15.9 Å². The molecule has 1 aliphatic heterocycles. The van der Waals surface area contributed by atoms with Crippen molar-refractivity contribution in [2.45, 2.75) is 38.4 Å². The second-order valence-electron chi connectivity index (χ2n) is 7.88. The van der Waals surface area contributed by atoms with Gasteiger partial charge < -0.3 is 5.32 Å². The molecule has 0 aromatic heterocycles. The van der Waals surface area contributed by atoms with Crippen LogP contribution in [0.5, 0.6) is 0 Å². The molecule has 3 rings (SSSR count). The molecule has 30 heavy (non-hydrogen) atoms. The van der Waals surface area contributed by atoms with E-state index >= 15 is 0 Å². The van der Waals surface area contributed by atoms with Crippen molar-refractivity contribution < 1.29 is 13.2 Å². The Morgan fingerprint density at radius 2 is 1.80 bits per heavy atom. The quantitative estimate of drug-likeness (QED) is 0.625. The maximum Gasteiger partial charge on any atom is 0.228 e. The van der Waals surface area contributed by atoms with Gasteiger partial charge in [-0.05, 0) is 42.5 Å². The van der Waals surface area contributed by atoms with E-state index in [0.717, 1.165) is 11.3 Å². The highest BCUT2D eigenvalue weighted by molar-refractivity contribution is 7.88. The predicted octanol–water partition coefficient (Wildman–Crippen LogP) is 5.30. The van der Waals surface area contributed by atoms with Crippen LogP contribution in [0.1, 0.15) is 43.7 Å². The number of para-hydroxylation sites is 1. The Kier molecular flexibility index (Phi) is 7.45. The monoisotopic (exact) mass is 468 g/mol. The number of carbonyl (C=O) groups excluding carboxylic acids is 1. The summed E-state index contributed by atoms with van der Waals surface area (Å²) in [5, 5.41) is 3.64. The Bertz CT molecular complexity index is 1000. The largest absolute Gasteiger partial charge is 0.326 e. The van der Waals surface area contributed by atoms with Gasteiger partial charge in [0.25, 0.3) is 0 Å². The highest BCUT2D eigenvalue weighted by Gasteiger charge is 2.33. The molecule has 0 aliphatic carbocycles. The van der Waals surface area contributed by atoms with Crippen molar-refractivity contribution >= 4 is 44.8 Å². The van der Waals surface area contributed by atoms with Gasteiger partial charge in [-0.25, -0.2) is 12.7 Å². The molecule has 5 nitrogen and oxygen atoms in total. The second kappa shape index (κ2) is 9.69. The average Bonchev–Trinajstić information content (AvgIpc) is 2.71. The van der Waals surface area contributed by atoms with E-state index in [-0.39, 0.29) is 24.1 Å². The van der Waals surface area contributed by atoms with Gasteiger partial charge >= 0.3 is 0 Å².